The van der Waals surface area contributed by atoms with Crippen molar-refractivity contribution < 1.29 is 4.74 Å². The normalized spacial score (nSPS) is 30.0. The molecule has 1 heterocycles. The molecule has 1 saturated carbocycles. The molecule has 112 valence electrons. The van der Waals surface area contributed by atoms with Gasteiger partial charge in [0, 0.05) is 25.2 Å². The van der Waals surface area contributed by atoms with Crippen LogP contribution in [0.25, 0.3) is 0 Å². The van der Waals surface area contributed by atoms with Crippen LogP contribution in [0.5, 0.6) is 0 Å². The zero-order valence-corrected chi connectivity index (χ0v) is 13.3. The third-order valence-corrected chi connectivity index (χ3v) is 5.02. The Bertz CT molecular complexity index is 255. The van der Waals surface area contributed by atoms with E-state index in [1.54, 1.807) is 0 Å². The second-order valence-corrected chi connectivity index (χ2v) is 6.72. The number of nitrogens with zero attached hydrogens (tertiary/aromatic N) is 2. The number of ether oxygens (including phenoxy) is 1. The minimum Gasteiger partial charge on any atom is -0.378 e. The van der Waals surface area contributed by atoms with Gasteiger partial charge in [-0.2, -0.15) is 0 Å². The van der Waals surface area contributed by atoms with Crippen LogP contribution in [-0.4, -0.2) is 61.3 Å². The number of hydrogen-bond donors (Lipinski definition) is 0. The minimum absolute atomic E-state index is 0.542. The Hall–Kier alpha value is -0.120. The first-order valence-corrected chi connectivity index (χ1v) is 8.16. The third kappa shape index (κ3) is 4.17. The first kappa shape index (κ1) is 15.3. The van der Waals surface area contributed by atoms with Crippen molar-refractivity contribution in [1.82, 2.24) is 9.80 Å². The lowest BCUT2D eigenvalue weighted by Gasteiger charge is -2.43. The van der Waals surface area contributed by atoms with Crippen LogP contribution in [0, 0.1) is 5.92 Å². The van der Waals surface area contributed by atoms with Gasteiger partial charge in [0.1, 0.15) is 0 Å². The van der Waals surface area contributed by atoms with Crippen molar-refractivity contribution in [3.05, 3.63) is 0 Å². The van der Waals surface area contributed by atoms with Crippen LogP contribution in [-0.2, 0) is 4.74 Å². The van der Waals surface area contributed by atoms with Crippen LogP contribution >= 0.6 is 0 Å². The van der Waals surface area contributed by atoms with Crippen molar-refractivity contribution in [3.8, 4) is 0 Å². The zero-order chi connectivity index (χ0) is 13.8. The van der Waals surface area contributed by atoms with E-state index in [0.717, 1.165) is 24.6 Å². The van der Waals surface area contributed by atoms with Crippen LogP contribution in [0.15, 0.2) is 0 Å². The molecule has 3 nitrogen and oxygen atoms in total. The predicted molar refractivity (Wildman–Crippen MR) is 80.5 cm³/mol. The minimum atomic E-state index is 0.542. The second-order valence-electron chi connectivity index (χ2n) is 6.72. The fraction of sp³-hybridized carbons (Fsp3) is 1.00. The Balaban J connectivity index is 1.63. The molecular formula is C16H32N2O. The summed E-state index contributed by atoms with van der Waals surface area (Å²) in [5, 5.41) is 0. The van der Waals surface area contributed by atoms with Gasteiger partial charge < -0.3 is 14.5 Å². The molecule has 0 bridgehead atoms. The van der Waals surface area contributed by atoms with E-state index in [1.165, 1.54) is 45.3 Å². The molecule has 0 spiro atoms. The molecule has 0 amide bonds. The van der Waals surface area contributed by atoms with Crippen molar-refractivity contribution in [3.63, 3.8) is 0 Å². The SMILES string of the molecule is CCO[C@H]1C[C@H](N(C)CC2CCN(C(C)C)CC2)C1. The van der Waals surface area contributed by atoms with E-state index in [4.69, 9.17) is 4.74 Å². The van der Waals surface area contributed by atoms with E-state index in [9.17, 15) is 0 Å². The number of rotatable bonds is 6. The van der Waals surface area contributed by atoms with Crippen LogP contribution in [0.1, 0.15) is 46.5 Å². The van der Waals surface area contributed by atoms with Crippen molar-refractivity contribution in [2.24, 2.45) is 5.92 Å². The zero-order valence-electron chi connectivity index (χ0n) is 13.3. The second kappa shape index (κ2) is 7.05. The highest BCUT2D eigenvalue weighted by atomic mass is 16.5. The highest BCUT2D eigenvalue weighted by molar-refractivity contribution is 4.88. The summed E-state index contributed by atoms with van der Waals surface area (Å²) in [6, 6.07) is 1.50. The maximum Gasteiger partial charge on any atom is 0.0604 e. The Morgan fingerprint density at radius 3 is 2.37 bits per heavy atom. The van der Waals surface area contributed by atoms with Gasteiger partial charge in [0.05, 0.1) is 6.10 Å². The van der Waals surface area contributed by atoms with E-state index >= 15 is 0 Å². The van der Waals surface area contributed by atoms with Gasteiger partial charge in [0.15, 0.2) is 0 Å². The molecule has 2 fully saturated rings. The number of piperidine rings is 1. The van der Waals surface area contributed by atoms with Crippen LogP contribution in [0.4, 0.5) is 0 Å². The monoisotopic (exact) mass is 268 g/mol. The van der Waals surface area contributed by atoms with E-state index in [-0.39, 0.29) is 0 Å². The largest absolute Gasteiger partial charge is 0.378 e. The maximum atomic E-state index is 5.66. The van der Waals surface area contributed by atoms with Gasteiger partial charge in [-0.1, -0.05) is 0 Å². The molecule has 0 aromatic carbocycles. The van der Waals surface area contributed by atoms with Crippen molar-refractivity contribution in [2.75, 3.05) is 33.3 Å². The van der Waals surface area contributed by atoms with Gasteiger partial charge in [-0.3, -0.25) is 0 Å². The molecular weight excluding hydrogens is 236 g/mol. The van der Waals surface area contributed by atoms with Crippen LogP contribution < -0.4 is 0 Å². The topological polar surface area (TPSA) is 15.7 Å². The summed E-state index contributed by atoms with van der Waals surface area (Å²) in [5.74, 6) is 0.908. The predicted octanol–water partition coefficient (Wildman–Crippen LogP) is 2.61. The number of likely N-dealkylation sites (tertiary alicyclic amines) is 1. The fourth-order valence-corrected chi connectivity index (χ4v) is 3.48. The van der Waals surface area contributed by atoms with Gasteiger partial charge in [-0.25, -0.2) is 0 Å². The first-order chi connectivity index (χ1) is 9.10. The molecule has 3 heteroatoms. The molecule has 0 aromatic rings. The van der Waals surface area contributed by atoms with Crippen molar-refractivity contribution in [2.45, 2.75) is 64.6 Å². The summed E-state index contributed by atoms with van der Waals surface area (Å²) in [6.07, 6.45) is 5.79. The van der Waals surface area contributed by atoms with Gasteiger partial charge >= 0.3 is 0 Å². The van der Waals surface area contributed by atoms with Crippen molar-refractivity contribution >= 4 is 0 Å². The average molecular weight is 268 g/mol. The lowest BCUT2D eigenvalue weighted by Crippen LogP contribution is -2.49. The Labute approximate surface area is 119 Å². The summed E-state index contributed by atoms with van der Waals surface area (Å²) in [4.78, 5) is 5.20. The third-order valence-electron chi connectivity index (χ3n) is 5.02. The molecule has 19 heavy (non-hydrogen) atoms. The van der Waals surface area contributed by atoms with Crippen LogP contribution in [0.3, 0.4) is 0 Å². The summed E-state index contributed by atoms with van der Waals surface area (Å²) in [6.45, 7) is 11.5. The lowest BCUT2D eigenvalue weighted by atomic mass is 9.86. The highest BCUT2D eigenvalue weighted by Crippen LogP contribution is 2.29. The molecule has 0 N–H and O–H groups in total. The maximum absolute atomic E-state index is 5.66. The average Bonchev–Trinajstić information content (AvgIpc) is 2.33. The molecule has 1 aliphatic heterocycles. The van der Waals surface area contributed by atoms with Gasteiger partial charge in [0.25, 0.3) is 0 Å². The van der Waals surface area contributed by atoms with E-state index < -0.39 is 0 Å². The molecule has 2 rings (SSSR count). The van der Waals surface area contributed by atoms with E-state index in [0.29, 0.717) is 6.10 Å². The van der Waals surface area contributed by atoms with Gasteiger partial charge in [0.2, 0.25) is 0 Å². The molecule has 0 atom stereocenters. The molecule has 1 saturated heterocycles. The van der Waals surface area contributed by atoms with E-state index in [2.05, 4.69) is 37.6 Å². The van der Waals surface area contributed by atoms with Crippen LogP contribution in [0.2, 0.25) is 0 Å². The molecule has 0 unspecified atom stereocenters. The summed E-state index contributed by atoms with van der Waals surface area (Å²) in [7, 11) is 2.31. The van der Waals surface area contributed by atoms with Gasteiger partial charge in [-0.15, -0.1) is 0 Å². The molecule has 0 radical (unpaired) electrons. The quantitative estimate of drug-likeness (QED) is 0.736. The first-order valence-electron chi connectivity index (χ1n) is 8.16. The van der Waals surface area contributed by atoms with E-state index in [1.807, 2.05) is 0 Å². The standard InChI is InChI=1S/C16H32N2O/c1-5-19-16-10-15(11-16)17(4)12-14-6-8-18(9-7-14)13(2)3/h13-16H,5-12H2,1-4H3/t15-,16-. The Morgan fingerprint density at radius 1 is 1.21 bits per heavy atom. The summed E-state index contributed by atoms with van der Waals surface area (Å²) >= 11 is 0. The lowest BCUT2D eigenvalue weighted by molar-refractivity contribution is -0.0448. The molecule has 1 aliphatic carbocycles. The molecule has 0 aromatic heterocycles. The molecule has 2 aliphatic rings. The fourth-order valence-electron chi connectivity index (χ4n) is 3.48. The number of hydrogen-bond acceptors (Lipinski definition) is 3. The van der Waals surface area contributed by atoms with Gasteiger partial charge in [-0.05, 0) is 72.5 Å². The Morgan fingerprint density at radius 2 is 1.84 bits per heavy atom. The summed E-state index contributed by atoms with van der Waals surface area (Å²) < 4.78 is 5.66. The van der Waals surface area contributed by atoms with Crippen molar-refractivity contribution in [1.29, 1.82) is 0 Å². The highest BCUT2D eigenvalue weighted by Gasteiger charge is 2.33. The summed E-state index contributed by atoms with van der Waals surface area (Å²) in [5.41, 5.74) is 0. The smallest absolute Gasteiger partial charge is 0.0604 e. The Kier molecular flexibility index (Phi) is 5.67.